The van der Waals surface area contributed by atoms with E-state index in [2.05, 4.69) is 24.1 Å². The van der Waals surface area contributed by atoms with Crippen molar-refractivity contribution in [3.05, 3.63) is 59.9 Å². The first-order valence-corrected chi connectivity index (χ1v) is 11.0. The molecule has 3 rings (SSSR count). The minimum absolute atomic E-state index is 0.0264. The molecule has 3 amide bonds. The molecule has 6 nitrogen and oxygen atoms in total. The van der Waals surface area contributed by atoms with Crippen molar-refractivity contribution in [1.82, 2.24) is 9.80 Å². The van der Waals surface area contributed by atoms with Crippen molar-refractivity contribution < 1.29 is 14.0 Å². The van der Waals surface area contributed by atoms with Crippen LogP contribution in [0.2, 0.25) is 0 Å². The molecule has 0 atom stereocenters. The predicted octanol–water partition coefficient (Wildman–Crippen LogP) is 4.44. The zero-order valence-electron chi connectivity index (χ0n) is 18.3. The van der Waals surface area contributed by atoms with Gasteiger partial charge >= 0.3 is 6.03 Å². The normalized spacial score (nSPS) is 13.8. The summed E-state index contributed by atoms with van der Waals surface area (Å²) in [6.45, 7) is 8.17. The molecule has 31 heavy (non-hydrogen) atoms. The van der Waals surface area contributed by atoms with Crippen molar-refractivity contribution in [2.75, 3.05) is 49.5 Å². The van der Waals surface area contributed by atoms with Crippen molar-refractivity contribution in [2.24, 2.45) is 0 Å². The lowest BCUT2D eigenvalue weighted by Gasteiger charge is -2.36. The molecule has 7 heteroatoms. The van der Waals surface area contributed by atoms with E-state index in [0.717, 1.165) is 31.6 Å². The highest BCUT2D eigenvalue weighted by atomic mass is 19.1. The lowest BCUT2D eigenvalue weighted by Crippen LogP contribution is -2.50. The molecule has 0 bridgehead atoms. The summed E-state index contributed by atoms with van der Waals surface area (Å²) >= 11 is 0. The van der Waals surface area contributed by atoms with Gasteiger partial charge in [0, 0.05) is 56.2 Å². The number of rotatable bonds is 7. The average Bonchev–Trinajstić information content (AvgIpc) is 2.79. The van der Waals surface area contributed by atoms with Crippen LogP contribution in [0.25, 0.3) is 0 Å². The van der Waals surface area contributed by atoms with Crippen LogP contribution in [0.4, 0.5) is 20.6 Å². The number of hydrogen-bond acceptors (Lipinski definition) is 3. The third kappa shape index (κ3) is 5.96. The molecule has 0 spiro atoms. The Labute approximate surface area is 183 Å². The molecule has 166 valence electrons. The van der Waals surface area contributed by atoms with E-state index < -0.39 is 0 Å². The minimum atomic E-state index is -0.252. The highest BCUT2D eigenvalue weighted by molar-refractivity contribution is 5.95. The molecule has 1 fully saturated rings. The standard InChI is InChI=1S/C24H31FN4O2/c1-3-13-28(14-4-2)23(30)19-5-9-21(10-6-19)26-24(31)29-17-15-27(16-18-29)22-11-7-20(25)8-12-22/h5-12H,3-4,13-18H2,1-2H3,(H,26,31). The number of piperazine rings is 1. The quantitative estimate of drug-likeness (QED) is 0.712. The summed E-state index contributed by atoms with van der Waals surface area (Å²) in [6.07, 6.45) is 1.85. The Morgan fingerprint density at radius 3 is 2.03 bits per heavy atom. The van der Waals surface area contributed by atoms with Crippen LogP contribution in [0.3, 0.4) is 0 Å². The maximum atomic E-state index is 13.1. The molecule has 2 aromatic carbocycles. The monoisotopic (exact) mass is 426 g/mol. The van der Waals surface area contributed by atoms with E-state index >= 15 is 0 Å². The average molecular weight is 427 g/mol. The van der Waals surface area contributed by atoms with Gasteiger partial charge in [0.15, 0.2) is 0 Å². The lowest BCUT2D eigenvalue weighted by molar-refractivity contribution is 0.0755. The molecule has 0 unspecified atom stereocenters. The van der Waals surface area contributed by atoms with Crippen LogP contribution in [0.1, 0.15) is 37.0 Å². The van der Waals surface area contributed by atoms with Crippen LogP contribution < -0.4 is 10.2 Å². The first-order chi connectivity index (χ1) is 15.0. The maximum Gasteiger partial charge on any atom is 0.321 e. The zero-order valence-corrected chi connectivity index (χ0v) is 18.3. The van der Waals surface area contributed by atoms with Crippen molar-refractivity contribution in [1.29, 1.82) is 0 Å². The number of anilines is 2. The maximum absolute atomic E-state index is 13.1. The number of hydrogen-bond donors (Lipinski definition) is 1. The van der Waals surface area contributed by atoms with E-state index in [1.54, 1.807) is 41.3 Å². The van der Waals surface area contributed by atoms with E-state index in [1.807, 2.05) is 4.90 Å². The van der Waals surface area contributed by atoms with Crippen molar-refractivity contribution in [3.63, 3.8) is 0 Å². The second kappa shape index (κ2) is 10.8. The number of nitrogens with one attached hydrogen (secondary N) is 1. The summed E-state index contributed by atoms with van der Waals surface area (Å²) in [5, 5.41) is 2.91. The summed E-state index contributed by atoms with van der Waals surface area (Å²) in [4.78, 5) is 31.1. The number of nitrogens with zero attached hydrogens (tertiary/aromatic N) is 3. The predicted molar refractivity (Wildman–Crippen MR) is 122 cm³/mol. The van der Waals surface area contributed by atoms with E-state index in [1.165, 1.54) is 12.1 Å². The molecule has 1 N–H and O–H groups in total. The van der Waals surface area contributed by atoms with Gasteiger partial charge in [0.1, 0.15) is 5.82 Å². The number of halogens is 1. The van der Waals surface area contributed by atoms with Crippen LogP contribution in [0.15, 0.2) is 48.5 Å². The van der Waals surface area contributed by atoms with Crippen LogP contribution in [0, 0.1) is 5.82 Å². The fourth-order valence-electron chi connectivity index (χ4n) is 3.76. The highest BCUT2D eigenvalue weighted by Crippen LogP contribution is 2.18. The van der Waals surface area contributed by atoms with Gasteiger partial charge in [-0.2, -0.15) is 0 Å². The highest BCUT2D eigenvalue weighted by Gasteiger charge is 2.21. The number of carbonyl (C=O) groups is 2. The van der Waals surface area contributed by atoms with Crippen molar-refractivity contribution in [2.45, 2.75) is 26.7 Å². The number of amides is 3. The minimum Gasteiger partial charge on any atom is -0.368 e. The smallest absolute Gasteiger partial charge is 0.321 e. The SMILES string of the molecule is CCCN(CCC)C(=O)c1ccc(NC(=O)N2CCN(c3ccc(F)cc3)CC2)cc1. The Balaban J connectivity index is 1.52. The van der Waals surface area contributed by atoms with E-state index in [-0.39, 0.29) is 17.8 Å². The summed E-state index contributed by atoms with van der Waals surface area (Å²) in [5.74, 6) is -0.226. The first-order valence-electron chi connectivity index (χ1n) is 11.0. The Hall–Kier alpha value is -3.09. The second-order valence-corrected chi connectivity index (χ2v) is 7.75. The zero-order chi connectivity index (χ0) is 22.2. The largest absolute Gasteiger partial charge is 0.368 e. The van der Waals surface area contributed by atoms with Gasteiger partial charge in [-0.25, -0.2) is 9.18 Å². The third-order valence-corrected chi connectivity index (χ3v) is 5.42. The molecule has 0 radical (unpaired) electrons. The van der Waals surface area contributed by atoms with Gasteiger partial charge in [-0.15, -0.1) is 0 Å². The molecule has 0 aromatic heterocycles. The molecule has 1 saturated heterocycles. The Kier molecular flexibility index (Phi) is 7.87. The number of urea groups is 1. The van der Waals surface area contributed by atoms with E-state index in [0.29, 0.717) is 37.4 Å². The van der Waals surface area contributed by atoms with Gasteiger partial charge < -0.3 is 20.0 Å². The van der Waals surface area contributed by atoms with Crippen LogP contribution in [0.5, 0.6) is 0 Å². The molecular weight excluding hydrogens is 395 g/mol. The van der Waals surface area contributed by atoms with E-state index in [4.69, 9.17) is 0 Å². The van der Waals surface area contributed by atoms with Gasteiger partial charge in [0.25, 0.3) is 5.91 Å². The van der Waals surface area contributed by atoms with Crippen LogP contribution >= 0.6 is 0 Å². The molecule has 0 saturated carbocycles. The summed E-state index contributed by atoms with van der Waals surface area (Å²) in [5.41, 5.74) is 2.26. The van der Waals surface area contributed by atoms with Crippen molar-refractivity contribution in [3.8, 4) is 0 Å². The molecule has 1 heterocycles. The van der Waals surface area contributed by atoms with Gasteiger partial charge in [0.05, 0.1) is 0 Å². The molecule has 0 aliphatic carbocycles. The number of benzene rings is 2. The summed E-state index contributed by atoms with van der Waals surface area (Å²) in [6, 6.07) is 13.3. The molecule has 1 aliphatic heterocycles. The molecule has 2 aromatic rings. The molecular formula is C24H31FN4O2. The van der Waals surface area contributed by atoms with Crippen LogP contribution in [-0.2, 0) is 0 Å². The Bertz CT molecular complexity index is 856. The van der Waals surface area contributed by atoms with Crippen LogP contribution in [-0.4, -0.2) is 61.0 Å². The van der Waals surface area contributed by atoms with Gasteiger partial charge in [-0.3, -0.25) is 4.79 Å². The first kappa shape index (κ1) is 22.6. The second-order valence-electron chi connectivity index (χ2n) is 7.75. The fourth-order valence-corrected chi connectivity index (χ4v) is 3.76. The Morgan fingerprint density at radius 2 is 1.48 bits per heavy atom. The van der Waals surface area contributed by atoms with Crippen molar-refractivity contribution >= 4 is 23.3 Å². The summed E-state index contributed by atoms with van der Waals surface area (Å²) < 4.78 is 13.1. The summed E-state index contributed by atoms with van der Waals surface area (Å²) in [7, 11) is 0. The lowest BCUT2D eigenvalue weighted by atomic mass is 10.1. The third-order valence-electron chi connectivity index (χ3n) is 5.42. The number of carbonyl (C=O) groups excluding carboxylic acids is 2. The fraction of sp³-hybridized carbons (Fsp3) is 0.417. The topological polar surface area (TPSA) is 55.9 Å². The van der Waals surface area contributed by atoms with Gasteiger partial charge in [-0.1, -0.05) is 13.8 Å². The Morgan fingerprint density at radius 1 is 0.903 bits per heavy atom. The van der Waals surface area contributed by atoms with Gasteiger partial charge in [-0.05, 0) is 61.4 Å². The van der Waals surface area contributed by atoms with Gasteiger partial charge in [0.2, 0.25) is 0 Å². The van der Waals surface area contributed by atoms with E-state index in [9.17, 15) is 14.0 Å². The molecule has 1 aliphatic rings.